The number of rotatable bonds is 21. The summed E-state index contributed by atoms with van der Waals surface area (Å²) in [6.45, 7) is 2.61. The van der Waals surface area contributed by atoms with Crippen molar-refractivity contribution >= 4 is 15.2 Å². The fourth-order valence-electron chi connectivity index (χ4n) is 3.46. The van der Waals surface area contributed by atoms with Crippen molar-refractivity contribution in [3.8, 4) is 0 Å². The number of unbranched alkanes of at least 4 members (excludes halogenated alkanes) is 15. The SMILES string of the molecule is CCCCCCCCCCCCCCCCCCNC(CP(=O)(O)O)P(=O)(O)O. The van der Waals surface area contributed by atoms with E-state index in [1.54, 1.807) is 0 Å². The van der Waals surface area contributed by atoms with Gasteiger partial charge in [-0.25, -0.2) is 0 Å². The fourth-order valence-corrected chi connectivity index (χ4v) is 5.89. The Kier molecular flexibility index (Phi) is 18.1. The van der Waals surface area contributed by atoms with Gasteiger partial charge in [0.15, 0.2) is 0 Å². The van der Waals surface area contributed by atoms with Crippen LogP contribution in [0.5, 0.6) is 0 Å². The highest BCUT2D eigenvalue weighted by molar-refractivity contribution is 7.56. The van der Waals surface area contributed by atoms with E-state index in [1.807, 2.05) is 0 Å². The van der Waals surface area contributed by atoms with Gasteiger partial charge in [-0.05, 0) is 13.0 Å². The maximum absolute atomic E-state index is 11.3. The van der Waals surface area contributed by atoms with Gasteiger partial charge in [-0.1, -0.05) is 103 Å². The molecule has 0 radical (unpaired) electrons. The van der Waals surface area contributed by atoms with Crippen LogP contribution in [-0.4, -0.2) is 38.1 Å². The third-order valence-corrected chi connectivity index (χ3v) is 7.53. The minimum atomic E-state index is -4.57. The second-order valence-corrected chi connectivity index (χ2v) is 11.7. The first-order chi connectivity index (χ1) is 13.7. The van der Waals surface area contributed by atoms with Crippen molar-refractivity contribution < 1.29 is 28.7 Å². The predicted molar refractivity (Wildman–Crippen MR) is 120 cm³/mol. The van der Waals surface area contributed by atoms with Crippen molar-refractivity contribution in [2.24, 2.45) is 0 Å². The molecule has 7 nitrogen and oxygen atoms in total. The Bertz CT molecular complexity index is 466. The van der Waals surface area contributed by atoms with Gasteiger partial charge in [0, 0.05) is 0 Å². The summed E-state index contributed by atoms with van der Waals surface area (Å²) in [5.41, 5.74) is 0. The zero-order chi connectivity index (χ0) is 22.0. The Morgan fingerprint density at radius 1 is 0.621 bits per heavy atom. The molecule has 29 heavy (non-hydrogen) atoms. The maximum atomic E-state index is 11.3. The molecule has 0 bridgehead atoms. The molecule has 1 unspecified atom stereocenters. The molecule has 0 heterocycles. The standard InChI is InChI=1S/C20H45NO6P2/c1-2-3-4-5-6-7-8-9-10-11-12-13-14-15-16-17-18-21-20(29(25,26)27)19-28(22,23)24/h20-21H,2-19H2,1H3,(H2,22,23,24)(H2,25,26,27). The molecule has 0 saturated heterocycles. The summed E-state index contributed by atoms with van der Waals surface area (Å²) in [6.07, 6.45) is 19.2. The molecular weight excluding hydrogens is 412 g/mol. The average molecular weight is 458 g/mol. The maximum Gasteiger partial charge on any atom is 0.342 e. The molecule has 0 aliphatic heterocycles. The molecule has 0 aliphatic rings. The van der Waals surface area contributed by atoms with Gasteiger partial charge in [0.2, 0.25) is 0 Å². The molecule has 0 rings (SSSR count). The zero-order valence-corrected chi connectivity index (χ0v) is 20.1. The molecule has 0 aromatic rings. The van der Waals surface area contributed by atoms with E-state index < -0.39 is 27.1 Å². The van der Waals surface area contributed by atoms with Crippen LogP contribution in [0, 0.1) is 0 Å². The number of hydrogen-bond donors (Lipinski definition) is 5. The second-order valence-electron chi connectivity index (χ2n) is 8.21. The highest BCUT2D eigenvalue weighted by Crippen LogP contribution is 2.47. The van der Waals surface area contributed by atoms with E-state index in [2.05, 4.69) is 12.2 Å². The quantitative estimate of drug-likeness (QED) is 0.113. The van der Waals surface area contributed by atoms with Gasteiger partial charge < -0.3 is 24.9 Å². The Hall–Kier alpha value is 0.260. The molecule has 0 amide bonds. The van der Waals surface area contributed by atoms with Crippen molar-refractivity contribution in [3.05, 3.63) is 0 Å². The average Bonchev–Trinajstić information content (AvgIpc) is 2.61. The van der Waals surface area contributed by atoms with E-state index in [4.69, 9.17) is 9.79 Å². The van der Waals surface area contributed by atoms with Gasteiger partial charge >= 0.3 is 15.2 Å². The van der Waals surface area contributed by atoms with Crippen LogP contribution in [0.3, 0.4) is 0 Å². The van der Waals surface area contributed by atoms with Gasteiger partial charge in [0.05, 0.1) is 6.16 Å². The highest BCUT2D eigenvalue weighted by atomic mass is 31.2. The summed E-state index contributed by atoms with van der Waals surface area (Å²) in [6, 6.07) is 0. The first-order valence-electron chi connectivity index (χ1n) is 11.5. The molecule has 9 heteroatoms. The Labute approximate surface area is 177 Å². The van der Waals surface area contributed by atoms with E-state index in [9.17, 15) is 18.9 Å². The lowest BCUT2D eigenvalue weighted by atomic mass is 10.0. The normalized spacial score (nSPS) is 13.7. The van der Waals surface area contributed by atoms with E-state index >= 15 is 0 Å². The Balaban J connectivity index is 3.44. The van der Waals surface area contributed by atoms with Gasteiger partial charge in [0.1, 0.15) is 5.78 Å². The molecule has 0 saturated carbocycles. The van der Waals surface area contributed by atoms with E-state index in [0.29, 0.717) is 6.54 Å². The first-order valence-corrected chi connectivity index (χ1v) is 15.0. The molecule has 0 aliphatic carbocycles. The van der Waals surface area contributed by atoms with Gasteiger partial charge in [-0.2, -0.15) is 0 Å². The summed E-state index contributed by atoms with van der Waals surface area (Å²) in [5.74, 6) is -1.47. The summed E-state index contributed by atoms with van der Waals surface area (Å²) in [5, 5.41) is 2.61. The van der Waals surface area contributed by atoms with E-state index in [-0.39, 0.29) is 0 Å². The lowest BCUT2D eigenvalue weighted by Gasteiger charge is -2.20. The molecule has 0 aromatic heterocycles. The molecule has 0 fully saturated rings. The monoisotopic (exact) mass is 457 g/mol. The van der Waals surface area contributed by atoms with Crippen molar-refractivity contribution in [3.63, 3.8) is 0 Å². The van der Waals surface area contributed by atoms with Crippen molar-refractivity contribution in [1.29, 1.82) is 0 Å². The van der Waals surface area contributed by atoms with Gasteiger partial charge in [-0.15, -0.1) is 0 Å². The van der Waals surface area contributed by atoms with Gasteiger partial charge in [0.25, 0.3) is 0 Å². The summed E-state index contributed by atoms with van der Waals surface area (Å²) >= 11 is 0. The highest BCUT2D eigenvalue weighted by Gasteiger charge is 2.34. The van der Waals surface area contributed by atoms with Crippen molar-refractivity contribution in [1.82, 2.24) is 5.32 Å². The van der Waals surface area contributed by atoms with Crippen molar-refractivity contribution in [2.75, 3.05) is 12.7 Å². The predicted octanol–water partition coefficient (Wildman–Crippen LogP) is 5.52. The zero-order valence-electron chi connectivity index (χ0n) is 18.3. The van der Waals surface area contributed by atoms with Crippen LogP contribution in [0.25, 0.3) is 0 Å². The van der Waals surface area contributed by atoms with Crippen LogP contribution in [0.4, 0.5) is 0 Å². The first kappa shape index (κ1) is 29.3. The second kappa shape index (κ2) is 17.9. The lowest BCUT2D eigenvalue weighted by Crippen LogP contribution is -2.33. The van der Waals surface area contributed by atoms with Crippen LogP contribution in [0.15, 0.2) is 0 Å². The Morgan fingerprint density at radius 3 is 1.28 bits per heavy atom. The van der Waals surface area contributed by atoms with Gasteiger partial charge in [-0.3, -0.25) is 9.13 Å². The van der Waals surface area contributed by atoms with Crippen LogP contribution >= 0.6 is 15.2 Å². The van der Waals surface area contributed by atoms with E-state index in [0.717, 1.165) is 19.3 Å². The summed E-state index contributed by atoms with van der Waals surface area (Å²) in [4.78, 5) is 36.2. The minimum Gasteiger partial charge on any atom is -0.324 e. The third kappa shape index (κ3) is 21.3. The van der Waals surface area contributed by atoms with Crippen LogP contribution < -0.4 is 5.32 Å². The number of hydrogen-bond acceptors (Lipinski definition) is 3. The van der Waals surface area contributed by atoms with Crippen LogP contribution in [-0.2, 0) is 9.13 Å². The molecule has 5 N–H and O–H groups in total. The molecule has 1 atom stereocenters. The molecular formula is C20H45NO6P2. The molecule has 176 valence electrons. The minimum absolute atomic E-state index is 0.355. The van der Waals surface area contributed by atoms with E-state index in [1.165, 1.54) is 83.5 Å². The van der Waals surface area contributed by atoms with Crippen molar-refractivity contribution in [2.45, 2.75) is 115 Å². The largest absolute Gasteiger partial charge is 0.342 e. The number of nitrogens with one attached hydrogen (secondary N) is 1. The fraction of sp³-hybridized carbons (Fsp3) is 1.00. The smallest absolute Gasteiger partial charge is 0.324 e. The third-order valence-electron chi connectivity index (χ3n) is 5.23. The lowest BCUT2D eigenvalue weighted by molar-refractivity contribution is 0.335. The van der Waals surface area contributed by atoms with Crippen LogP contribution in [0.1, 0.15) is 110 Å². The molecule has 0 spiro atoms. The topological polar surface area (TPSA) is 127 Å². The molecule has 0 aromatic carbocycles. The summed E-state index contributed by atoms with van der Waals surface area (Å²) < 4.78 is 22.3. The summed E-state index contributed by atoms with van der Waals surface area (Å²) in [7, 11) is -9.03. The Morgan fingerprint density at radius 2 is 0.966 bits per heavy atom. The van der Waals surface area contributed by atoms with Crippen LogP contribution in [0.2, 0.25) is 0 Å².